The van der Waals surface area contributed by atoms with Gasteiger partial charge in [-0.3, -0.25) is 4.90 Å². The van der Waals surface area contributed by atoms with E-state index in [1.165, 1.54) is 0 Å². The predicted molar refractivity (Wildman–Crippen MR) is 157 cm³/mol. The zero-order valence-electron chi connectivity index (χ0n) is 21.4. The lowest BCUT2D eigenvalue weighted by atomic mass is 10.1. The van der Waals surface area contributed by atoms with Crippen molar-refractivity contribution in [2.45, 2.75) is 0 Å². The number of nitrogens with zero attached hydrogens (tertiary/aromatic N) is 4. The van der Waals surface area contributed by atoms with Gasteiger partial charge in [-0.25, -0.2) is 4.98 Å². The minimum atomic E-state index is 0.724. The van der Waals surface area contributed by atoms with Gasteiger partial charge in [-0.2, -0.15) is 0 Å². The molecule has 0 saturated heterocycles. The summed E-state index contributed by atoms with van der Waals surface area (Å²) in [5.41, 5.74) is 4.60. The molecule has 3 heterocycles. The molecule has 0 spiro atoms. The zero-order chi connectivity index (χ0) is 26.2. The van der Waals surface area contributed by atoms with Crippen molar-refractivity contribution in [3.8, 4) is 11.5 Å². The van der Waals surface area contributed by atoms with E-state index >= 15 is 0 Å². The molecule has 0 atom stereocenters. The summed E-state index contributed by atoms with van der Waals surface area (Å²) in [4.78, 5) is 11.1. The lowest BCUT2D eigenvalue weighted by Gasteiger charge is -2.24. The first-order valence-corrected chi connectivity index (χ1v) is 12.9. The number of anilines is 4. The summed E-state index contributed by atoms with van der Waals surface area (Å²) in [5.74, 6) is 2.30. The van der Waals surface area contributed by atoms with Crippen LogP contribution in [0.25, 0.3) is 21.9 Å². The first-order valence-electron chi connectivity index (χ1n) is 12.9. The van der Waals surface area contributed by atoms with Crippen LogP contribution in [0.15, 0.2) is 132 Å². The average Bonchev–Trinajstić information content (AvgIpc) is 3.58. The number of ether oxygens (including phenoxy) is 1. The molecule has 0 radical (unpaired) electrons. The minimum absolute atomic E-state index is 0.724. The highest BCUT2D eigenvalue weighted by Crippen LogP contribution is 2.42. The van der Waals surface area contributed by atoms with E-state index in [2.05, 4.69) is 75.5 Å². The second kappa shape index (κ2) is 9.58. The summed E-state index contributed by atoms with van der Waals surface area (Å²) in [6.45, 7) is 0.761. The third kappa shape index (κ3) is 4.32. The van der Waals surface area contributed by atoms with Crippen LogP contribution in [0.1, 0.15) is 0 Å². The SMILES string of the molecule is CN1C=CN(c2cc(Oc3cccc(N(c4ccccc4)c4ccccn4)c3)c3c(c2)oc2ccccc23)C1. The van der Waals surface area contributed by atoms with E-state index in [4.69, 9.17) is 9.15 Å². The van der Waals surface area contributed by atoms with Gasteiger partial charge in [0.2, 0.25) is 0 Å². The molecule has 6 nitrogen and oxygen atoms in total. The molecule has 1 aliphatic heterocycles. The Kier molecular flexibility index (Phi) is 5.63. The van der Waals surface area contributed by atoms with Gasteiger partial charge in [0, 0.05) is 60.6 Å². The number of rotatable bonds is 6. The number of benzene rings is 4. The van der Waals surface area contributed by atoms with E-state index < -0.39 is 0 Å². The lowest BCUT2D eigenvalue weighted by molar-refractivity contribution is 0.485. The molecule has 39 heavy (non-hydrogen) atoms. The van der Waals surface area contributed by atoms with E-state index in [1.807, 2.05) is 79.0 Å². The maximum Gasteiger partial charge on any atom is 0.141 e. The van der Waals surface area contributed by atoms with Crippen molar-refractivity contribution in [3.63, 3.8) is 0 Å². The number of hydrogen-bond donors (Lipinski definition) is 0. The van der Waals surface area contributed by atoms with Crippen molar-refractivity contribution in [2.24, 2.45) is 0 Å². The number of pyridine rings is 1. The molecule has 6 aromatic rings. The van der Waals surface area contributed by atoms with Crippen molar-refractivity contribution in [3.05, 3.63) is 128 Å². The molecular formula is C33H26N4O2. The molecule has 190 valence electrons. The Bertz CT molecular complexity index is 1760. The van der Waals surface area contributed by atoms with Crippen LogP contribution in [0, 0.1) is 0 Å². The van der Waals surface area contributed by atoms with Gasteiger partial charge in [0.1, 0.15) is 28.5 Å². The minimum Gasteiger partial charge on any atom is -0.456 e. The van der Waals surface area contributed by atoms with Gasteiger partial charge in [-0.05, 0) is 42.5 Å². The fourth-order valence-electron chi connectivity index (χ4n) is 5.04. The first-order chi connectivity index (χ1) is 19.2. The summed E-state index contributed by atoms with van der Waals surface area (Å²) >= 11 is 0. The molecule has 0 saturated carbocycles. The maximum atomic E-state index is 6.68. The van der Waals surface area contributed by atoms with E-state index in [1.54, 1.807) is 0 Å². The van der Waals surface area contributed by atoms with Crippen molar-refractivity contribution in [2.75, 3.05) is 23.5 Å². The first kappa shape index (κ1) is 22.9. The Labute approximate surface area is 226 Å². The van der Waals surface area contributed by atoms with Gasteiger partial charge >= 0.3 is 0 Å². The number of para-hydroxylation sites is 2. The van der Waals surface area contributed by atoms with E-state index in [0.717, 1.165) is 63.0 Å². The van der Waals surface area contributed by atoms with Gasteiger partial charge in [0.25, 0.3) is 0 Å². The van der Waals surface area contributed by atoms with Crippen LogP contribution in [0.4, 0.5) is 22.9 Å². The van der Waals surface area contributed by atoms with Crippen molar-refractivity contribution in [1.82, 2.24) is 9.88 Å². The molecular weight excluding hydrogens is 484 g/mol. The normalized spacial score (nSPS) is 12.9. The fourth-order valence-corrected chi connectivity index (χ4v) is 5.04. The van der Waals surface area contributed by atoms with Crippen LogP contribution >= 0.6 is 0 Å². The Balaban J connectivity index is 1.34. The zero-order valence-corrected chi connectivity index (χ0v) is 21.4. The van der Waals surface area contributed by atoms with Crippen LogP contribution in [-0.2, 0) is 0 Å². The van der Waals surface area contributed by atoms with Crippen LogP contribution in [0.3, 0.4) is 0 Å². The van der Waals surface area contributed by atoms with Gasteiger partial charge in [-0.1, -0.05) is 48.5 Å². The Morgan fingerprint density at radius 2 is 1.59 bits per heavy atom. The van der Waals surface area contributed by atoms with Gasteiger partial charge in [0.15, 0.2) is 0 Å². The largest absolute Gasteiger partial charge is 0.456 e. The van der Waals surface area contributed by atoms with Crippen molar-refractivity contribution in [1.29, 1.82) is 0 Å². The maximum absolute atomic E-state index is 6.68. The number of hydrogen-bond acceptors (Lipinski definition) is 6. The van der Waals surface area contributed by atoms with Crippen LogP contribution in [0.2, 0.25) is 0 Å². The summed E-state index contributed by atoms with van der Waals surface area (Å²) in [7, 11) is 2.05. The van der Waals surface area contributed by atoms with Gasteiger partial charge in [-0.15, -0.1) is 0 Å². The molecule has 0 aliphatic carbocycles. The van der Waals surface area contributed by atoms with Crippen LogP contribution < -0.4 is 14.5 Å². The van der Waals surface area contributed by atoms with Crippen LogP contribution in [0.5, 0.6) is 11.5 Å². The predicted octanol–water partition coefficient (Wildman–Crippen LogP) is 8.42. The third-order valence-corrected chi connectivity index (χ3v) is 6.83. The molecule has 0 bridgehead atoms. The third-order valence-electron chi connectivity index (χ3n) is 6.83. The van der Waals surface area contributed by atoms with Gasteiger partial charge < -0.3 is 19.0 Å². The fraction of sp³-hybridized carbons (Fsp3) is 0.0606. The van der Waals surface area contributed by atoms with Crippen molar-refractivity contribution >= 4 is 44.8 Å². The highest BCUT2D eigenvalue weighted by atomic mass is 16.5. The Morgan fingerprint density at radius 3 is 2.41 bits per heavy atom. The van der Waals surface area contributed by atoms with E-state index in [9.17, 15) is 0 Å². The summed E-state index contributed by atoms with van der Waals surface area (Å²) in [5, 5.41) is 1.99. The molecule has 0 amide bonds. The molecule has 2 aromatic heterocycles. The molecule has 6 heteroatoms. The Hall–Kier alpha value is -5.23. The smallest absolute Gasteiger partial charge is 0.141 e. The van der Waals surface area contributed by atoms with E-state index in [0.29, 0.717) is 0 Å². The van der Waals surface area contributed by atoms with Crippen molar-refractivity contribution < 1.29 is 9.15 Å². The molecule has 0 N–H and O–H groups in total. The summed E-state index contributed by atoms with van der Waals surface area (Å²) < 4.78 is 13.0. The van der Waals surface area contributed by atoms with E-state index in [-0.39, 0.29) is 0 Å². The summed E-state index contributed by atoms with van der Waals surface area (Å²) in [6.07, 6.45) is 5.93. The topological polar surface area (TPSA) is 45.0 Å². The highest BCUT2D eigenvalue weighted by molar-refractivity contribution is 6.09. The quantitative estimate of drug-likeness (QED) is 0.224. The second-order valence-corrected chi connectivity index (χ2v) is 9.54. The number of aromatic nitrogens is 1. The molecule has 0 fully saturated rings. The standard InChI is InChI=1S/C33H26N4O2/c1-35-18-19-36(23-35)26-21-30(33-28-14-5-6-15-29(28)39-31(33)22-26)38-27-13-9-12-25(20-27)37(24-10-3-2-4-11-24)32-16-7-8-17-34-32/h2-22H,23H2,1H3. The Morgan fingerprint density at radius 1 is 0.769 bits per heavy atom. The monoisotopic (exact) mass is 510 g/mol. The highest BCUT2D eigenvalue weighted by Gasteiger charge is 2.20. The van der Waals surface area contributed by atoms with Gasteiger partial charge in [0.05, 0.1) is 17.7 Å². The number of furan rings is 1. The number of fused-ring (bicyclic) bond motifs is 3. The second-order valence-electron chi connectivity index (χ2n) is 9.54. The molecule has 7 rings (SSSR count). The molecule has 4 aromatic carbocycles. The molecule has 0 unspecified atom stereocenters. The lowest BCUT2D eigenvalue weighted by Crippen LogP contribution is -2.21. The summed E-state index contributed by atoms with van der Waals surface area (Å²) in [6, 6.07) is 36.5. The molecule has 1 aliphatic rings. The average molecular weight is 511 g/mol. The van der Waals surface area contributed by atoms with Crippen LogP contribution in [-0.4, -0.2) is 23.6 Å².